The van der Waals surface area contributed by atoms with E-state index < -0.39 is 0 Å². The molecule has 0 aromatic carbocycles. The molecule has 3 aromatic heterocycles. The highest BCUT2D eigenvalue weighted by Crippen LogP contribution is 2.43. The normalized spacial score (nSPS) is 23.2. The van der Waals surface area contributed by atoms with Crippen LogP contribution in [-0.2, 0) is 5.41 Å². The van der Waals surface area contributed by atoms with Crippen molar-refractivity contribution in [3.8, 4) is 0 Å². The van der Waals surface area contributed by atoms with E-state index in [0.717, 1.165) is 47.0 Å². The molecule has 2 aliphatic rings. The SMILES string of the molecule is C[C@H]1C[C@H](c2cccc(Br)n2)Nc2cccc(n2)SNC(=O)c2ccc(C(C)(C)C)nc2N2C[C@@H]1CC2(C)C. The molecular formula is C30H37BrN6OS. The van der Waals surface area contributed by atoms with Crippen molar-refractivity contribution < 1.29 is 4.79 Å². The fourth-order valence-electron chi connectivity index (χ4n) is 5.62. The van der Waals surface area contributed by atoms with Gasteiger partial charge in [0.15, 0.2) is 0 Å². The van der Waals surface area contributed by atoms with E-state index in [-0.39, 0.29) is 22.9 Å². The molecule has 2 N–H and O–H groups in total. The van der Waals surface area contributed by atoms with Gasteiger partial charge in [-0.25, -0.2) is 15.0 Å². The number of pyridine rings is 3. The summed E-state index contributed by atoms with van der Waals surface area (Å²) in [5, 5.41) is 4.36. The molecule has 5 rings (SSSR count). The van der Waals surface area contributed by atoms with Crippen LogP contribution < -0.4 is 14.9 Å². The molecule has 3 atom stereocenters. The molecule has 5 heterocycles. The van der Waals surface area contributed by atoms with Crippen LogP contribution >= 0.6 is 27.9 Å². The Morgan fingerprint density at radius 3 is 2.56 bits per heavy atom. The summed E-state index contributed by atoms with van der Waals surface area (Å²) in [5.74, 6) is 2.17. The summed E-state index contributed by atoms with van der Waals surface area (Å²) in [6, 6.07) is 15.8. The molecule has 0 saturated carbocycles. The van der Waals surface area contributed by atoms with Gasteiger partial charge in [0.05, 0.1) is 17.3 Å². The third-order valence-corrected chi connectivity index (χ3v) is 9.02. The summed E-state index contributed by atoms with van der Waals surface area (Å²) in [5.41, 5.74) is 2.27. The zero-order valence-corrected chi connectivity index (χ0v) is 25.9. The number of hydrogen-bond acceptors (Lipinski definition) is 7. The van der Waals surface area contributed by atoms with Crippen molar-refractivity contribution >= 4 is 45.4 Å². The van der Waals surface area contributed by atoms with Gasteiger partial charge in [-0.2, -0.15) is 0 Å². The van der Waals surface area contributed by atoms with Gasteiger partial charge < -0.3 is 10.2 Å². The standard InChI is InChI=1S/C30H37BrN6OS/c1-18-15-22(21-9-7-10-24(31)32-21)33-25-11-8-12-26(35-25)39-36-28(38)20-13-14-23(29(2,3)4)34-27(20)37-17-19(18)16-30(37,5)6/h7-14,18-19,22H,15-17H2,1-6H3,(H,33,35)(H,36,38)/t18-,19-,22+/m0/s1. The van der Waals surface area contributed by atoms with Crippen LogP contribution in [0.15, 0.2) is 58.2 Å². The second kappa shape index (κ2) is 10.7. The van der Waals surface area contributed by atoms with E-state index in [1.54, 1.807) is 0 Å². The van der Waals surface area contributed by atoms with Crippen molar-refractivity contribution in [3.05, 3.63) is 70.1 Å². The Kier molecular flexibility index (Phi) is 7.68. The predicted molar refractivity (Wildman–Crippen MR) is 162 cm³/mol. The van der Waals surface area contributed by atoms with Crippen molar-refractivity contribution in [1.29, 1.82) is 0 Å². The van der Waals surface area contributed by atoms with Crippen molar-refractivity contribution in [2.24, 2.45) is 11.8 Å². The summed E-state index contributed by atoms with van der Waals surface area (Å²) in [6.07, 6.45) is 1.91. The number of fused-ring (bicyclic) bond motifs is 6. The van der Waals surface area contributed by atoms with Crippen molar-refractivity contribution in [2.75, 3.05) is 16.8 Å². The molecule has 7 nitrogen and oxygen atoms in total. The third-order valence-electron chi connectivity index (χ3n) is 7.85. The van der Waals surface area contributed by atoms with Gasteiger partial charge in [0.1, 0.15) is 21.3 Å². The fourth-order valence-corrected chi connectivity index (χ4v) is 6.58. The first kappa shape index (κ1) is 27.9. The second-order valence-corrected chi connectivity index (χ2v) is 14.0. The van der Waals surface area contributed by atoms with Crippen LogP contribution in [0, 0.1) is 11.8 Å². The zero-order chi connectivity index (χ0) is 27.9. The summed E-state index contributed by atoms with van der Waals surface area (Å²) in [7, 11) is 0. The van der Waals surface area contributed by atoms with Gasteiger partial charge in [-0.1, -0.05) is 39.8 Å². The van der Waals surface area contributed by atoms with Crippen LogP contribution in [0.1, 0.15) is 82.2 Å². The fraction of sp³-hybridized carbons (Fsp3) is 0.467. The number of nitrogens with zero attached hydrogens (tertiary/aromatic N) is 4. The Morgan fingerprint density at radius 1 is 1.05 bits per heavy atom. The number of anilines is 2. The van der Waals surface area contributed by atoms with E-state index >= 15 is 0 Å². The van der Waals surface area contributed by atoms with E-state index in [9.17, 15) is 4.79 Å². The van der Waals surface area contributed by atoms with Crippen LogP contribution in [0.5, 0.6) is 0 Å². The number of halogens is 1. The molecule has 9 heteroatoms. The molecule has 0 radical (unpaired) electrons. The zero-order valence-electron chi connectivity index (χ0n) is 23.5. The minimum absolute atomic E-state index is 0.0139. The molecule has 0 aliphatic carbocycles. The van der Waals surface area contributed by atoms with Gasteiger partial charge in [-0.3, -0.25) is 9.52 Å². The molecule has 206 valence electrons. The van der Waals surface area contributed by atoms with Crippen LogP contribution in [0.2, 0.25) is 0 Å². The number of rotatable bonds is 1. The molecule has 0 unspecified atom stereocenters. The monoisotopic (exact) mass is 608 g/mol. The van der Waals surface area contributed by atoms with Crippen LogP contribution in [-0.4, -0.2) is 32.9 Å². The van der Waals surface area contributed by atoms with Gasteiger partial charge in [0.2, 0.25) is 0 Å². The highest BCUT2D eigenvalue weighted by molar-refractivity contribution is 9.10. The Hall–Kier alpha value is -2.65. The lowest BCUT2D eigenvalue weighted by Gasteiger charge is -2.34. The smallest absolute Gasteiger partial charge is 0.265 e. The van der Waals surface area contributed by atoms with E-state index in [0.29, 0.717) is 22.4 Å². The maximum Gasteiger partial charge on any atom is 0.265 e. The predicted octanol–water partition coefficient (Wildman–Crippen LogP) is 7.17. The second-order valence-electron chi connectivity index (χ2n) is 12.4. The highest BCUT2D eigenvalue weighted by Gasteiger charge is 2.43. The van der Waals surface area contributed by atoms with Gasteiger partial charge in [0, 0.05) is 35.1 Å². The largest absolute Gasteiger partial charge is 0.362 e. The average molecular weight is 610 g/mol. The quantitative estimate of drug-likeness (QED) is 0.224. The first-order chi connectivity index (χ1) is 18.4. The molecule has 39 heavy (non-hydrogen) atoms. The molecule has 3 aromatic rings. The third kappa shape index (κ3) is 6.09. The average Bonchev–Trinajstić information content (AvgIpc) is 3.20. The number of amides is 1. The minimum atomic E-state index is -0.165. The lowest BCUT2D eigenvalue weighted by atomic mass is 9.83. The van der Waals surface area contributed by atoms with Crippen molar-refractivity contribution in [2.45, 2.75) is 76.4 Å². The van der Waals surface area contributed by atoms with Gasteiger partial charge >= 0.3 is 0 Å². The van der Waals surface area contributed by atoms with Crippen molar-refractivity contribution in [1.82, 2.24) is 19.7 Å². The molecule has 2 aliphatic heterocycles. The first-order valence-electron chi connectivity index (χ1n) is 13.5. The van der Waals surface area contributed by atoms with E-state index in [1.807, 2.05) is 42.5 Å². The van der Waals surface area contributed by atoms with E-state index in [4.69, 9.17) is 15.0 Å². The Labute approximate surface area is 244 Å². The topological polar surface area (TPSA) is 83.0 Å². The summed E-state index contributed by atoms with van der Waals surface area (Å²) >= 11 is 4.77. The maximum atomic E-state index is 13.6. The Balaban J connectivity index is 1.59. The first-order valence-corrected chi connectivity index (χ1v) is 15.1. The summed E-state index contributed by atoms with van der Waals surface area (Å²) in [6.45, 7) is 14.2. The number of carbonyl (C=O) groups excluding carboxylic acids is 1. The van der Waals surface area contributed by atoms with Crippen LogP contribution in [0.4, 0.5) is 11.6 Å². The maximum absolute atomic E-state index is 13.6. The number of aromatic nitrogens is 3. The van der Waals surface area contributed by atoms with Crippen LogP contribution in [0.25, 0.3) is 0 Å². The molecule has 1 amide bonds. The lowest BCUT2D eigenvalue weighted by molar-refractivity contribution is 0.0984. The van der Waals surface area contributed by atoms with Gasteiger partial charge in [-0.05, 0) is 90.9 Å². The molecular weight excluding hydrogens is 572 g/mol. The number of hydrogen-bond donors (Lipinski definition) is 2. The minimum Gasteiger partial charge on any atom is -0.362 e. The lowest BCUT2D eigenvalue weighted by Crippen LogP contribution is -2.40. The molecule has 1 saturated heterocycles. The van der Waals surface area contributed by atoms with Gasteiger partial charge in [0.25, 0.3) is 5.91 Å². The van der Waals surface area contributed by atoms with Crippen LogP contribution in [0.3, 0.4) is 0 Å². The van der Waals surface area contributed by atoms with Crippen molar-refractivity contribution in [3.63, 3.8) is 0 Å². The molecule has 1 fully saturated rings. The number of carbonyl (C=O) groups is 1. The Bertz CT molecular complexity index is 1370. The highest BCUT2D eigenvalue weighted by atomic mass is 79.9. The Morgan fingerprint density at radius 2 is 1.82 bits per heavy atom. The molecule has 4 bridgehead atoms. The van der Waals surface area contributed by atoms with E-state index in [1.165, 1.54) is 11.9 Å². The number of nitrogens with one attached hydrogen (secondary N) is 2. The summed E-state index contributed by atoms with van der Waals surface area (Å²) in [4.78, 5) is 30.6. The molecule has 0 spiro atoms. The van der Waals surface area contributed by atoms with E-state index in [2.05, 4.69) is 78.5 Å². The van der Waals surface area contributed by atoms with Gasteiger partial charge in [-0.15, -0.1) is 0 Å². The summed E-state index contributed by atoms with van der Waals surface area (Å²) < 4.78 is 3.84.